The van der Waals surface area contributed by atoms with Gasteiger partial charge >= 0.3 is 0 Å². The third-order valence-electron chi connectivity index (χ3n) is 4.68. The summed E-state index contributed by atoms with van der Waals surface area (Å²) in [6.45, 7) is 13.4. The van der Waals surface area contributed by atoms with Gasteiger partial charge in [0.05, 0.1) is 10.7 Å². The van der Waals surface area contributed by atoms with Crippen LogP contribution in [0.2, 0.25) is 0 Å². The Bertz CT molecular complexity index is 721. The third-order valence-corrected chi connectivity index (χ3v) is 5.81. The fourth-order valence-electron chi connectivity index (χ4n) is 2.88. The van der Waals surface area contributed by atoms with E-state index in [0.29, 0.717) is 0 Å². The summed E-state index contributed by atoms with van der Waals surface area (Å²) in [6, 6.07) is 8.78. The van der Waals surface area contributed by atoms with Gasteiger partial charge in [0, 0.05) is 38.0 Å². The van der Waals surface area contributed by atoms with Crippen molar-refractivity contribution in [1.29, 1.82) is 0 Å². The number of benzene rings is 1. The van der Waals surface area contributed by atoms with Crippen molar-refractivity contribution in [3.8, 4) is 0 Å². The standard InChI is InChI=1S/C21H33N5S.HI/c1-6-26(7-2)15-19-10-8-9-18(13-19)14-24-21(22-5)23-12-11-20-25-16(3)17(4)27-20;/h8-10,13H,6-7,11-12,14-15H2,1-5H3,(H2,22,23,24);1H. The van der Waals surface area contributed by atoms with E-state index in [2.05, 4.69) is 77.5 Å². The summed E-state index contributed by atoms with van der Waals surface area (Å²) >= 11 is 1.78. The van der Waals surface area contributed by atoms with Crippen molar-refractivity contribution in [2.24, 2.45) is 4.99 Å². The van der Waals surface area contributed by atoms with Crippen LogP contribution in [0.15, 0.2) is 29.3 Å². The van der Waals surface area contributed by atoms with Crippen LogP contribution >= 0.6 is 35.3 Å². The van der Waals surface area contributed by atoms with Crippen LogP contribution in [0.5, 0.6) is 0 Å². The molecule has 0 fully saturated rings. The minimum Gasteiger partial charge on any atom is -0.356 e. The number of guanidine groups is 1. The van der Waals surface area contributed by atoms with Crippen LogP contribution in [0.3, 0.4) is 0 Å². The Morgan fingerprint density at radius 3 is 2.46 bits per heavy atom. The van der Waals surface area contributed by atoms with E-state index in [-0.39, 0.29) is 24.0 Å². The predicted molar refractivity (Wildman–Crippen MR) is 132 cm³/mol. The van der Waals surface area contributed by atoms with Gasteiger partial charge in [-0.05, 0) is 38.1 Å². The summed E-state index contributed by atoms with van der Waals surface area (Å²) in [7, 11) is 1.81. The lowest BCUT2D eigenvalue weighted by atomic mass is 10.1. The summed E-state index contributed by atoms with van der Waals surface area (Å²) in [6.07, 6.45) is 0.916. The Labute approximate surface area is 191 Å². The Morgan fingerprint density at radius 2 is 1.86 bits per heavy atom. The number of halogens is 1. The quantitative estimate of drug-likeness (QED) is 0.300. The van der Waals surface area contributed by atoms with Gasteiger partial charge in [-0.3, -0.25) is 9.89 Å². The molecule has 1 heterocycles. The van der Waals surface area contributed by atoms with Crippen LogP contribution in [0, 0.1) is 13.8 Å². The molecule has 0 radical (unpaired) electrons. The number of aliphatic imine (C=N–C) groups is 1. The second kappa shape index (κ2) is 13.1. The van der Waals surface area contributed by atoms with E-state index in [1.165, 1.54) is 21.0 Å². The van der Waals surface area contributed by atoms with Crippen LogP contribution in [-0.4, -0.2) is 42.5 Å². The lowest BCUT2D eigenvalue weighted by Crippen LogP contribution is -2.37. The van der Waals surface area contributed by atoms with E-state index in [1.54, 1.807) is 11.3 Å². The second-order valence-electron chi connectivity index (χ2n) is 6.63. The molecule has 2 rings (SSSR count). The topological polar surface area (TPSA) is 52.5 Å². The van der Waals surface area contributed by atoms with Gasteiger partial charge in [-0.2, -0.15) is 0 Å². The van der Waals surface area contributed by atoms with Crippen molar-refractivity contribution in [3.05, 3.63) is 51.0 Å². The average molecular weight is 516 g/mol. The van der Waals surface area contributed by atoms with Gasteiger partial charge in [0.1, 0.15) is 0 Å². The number of hydrogen-bond donors (Lipinski definition) is 2. The van der Waals surface area contributed by atoms with Gasteiger partial charge < -0.3 is 10.6 Å². The number of nitrogens with zero attached hydrogens (tertiary/aromatic N) is 3. The van der Waals surface area contributed by atoms with E-state index in [0.717, 1.165) is 50.8 Å². The highest BCUT2D eigenvalue weighted by Gasteiger charge is 2.05. The average Bonchev–Trinajstić information content (AvgIpc) is 3.00. The molecule has 0 saturated heterocycles. The molecule has 2 aromatic rings. The van der Waals surface area contributed by atoms with Crippen LogP contribution in [0.4, 0.5) is 0 Å². The first kappa shape index (κ1) is 24.8. The van der Waals surface area contributed by atoms with Gasteiger partial charge in [0.15, 0.2) is 5.96 Å². The zero-order valence-corrected chi connectivity index (χ0v) is 20.9. The van der Waals surface area contributed by atoms with Crippen molar-refractivity contribution < 1.29 is 0 Å². The van der Waals surface area contributed by atoms with Crippen LogP contribution in [0.25, 0.3) is 0 Å². The molecule has 0 saturated carbocycles. The van der Waals surface area contributed by atoms with Gasteiger partial charge in [0.25, 0.3) is 0 Å². The van der Waals surface area contributed by atoms with E-state index in [4.69, 9.17) is 0 Å². The maximum atomic E-state index is 4.59. The first-order valence-corrected chi connectivity index (χ1v) is 10.5. The molecule has 0 bridgehead atoms. The summed E-state index contributed by atoms with van der Waals surface area (Å²) in [5.41, 5.74) is 3.77. The molecule has 1 aromatic carbocycles. The molecule has 0 spiro atoms. The molecule has 0 aliphatic carbocycles. The number of thiazole rings is 1. The molecule has 156 valence electrons. The minimum absolute atomic E-state index is 0. The van der Waals surface area contributed by atoms with Crippen LogP contribution < -0.4 is 10.6 Å². The van der Waals surface area contributed by atoms with Crippen molar-refractivity contribution >= 4 is 41.3 Å². The molecule has 1 aromatic heterocycles. The highest BCUT2D eigenvalue weighted by molar-refractivity contribution is 14.0. The number of aryl methyl sites for hydroxylation is 2. The molecule has 28 heavy (non-hydrogen) atoms. The fourth-order valence-corrected chi connectivity index (χ4v) is 3.82. The normalized spacial score (nSPS) is 11.4. The predicted octanol–water partition coefficient (Wildman–Crippen LogP) is 4.13. The zero-order valence-electron chi connectivity index (χ0n) is 17.7. The highest BCUT2D eigenvalue weighted by atomic mass is 127. The largest absolute Gasteiger partial charge is 0.356 e. The molecule has 0 atom stereocenters. The second-order valence-corrected chi connectivity index (χ2v) is 7.92. The third kappa shape index (κ3) is 8.05. The molecular weight excluding hydrogens is 481 g/mol. The van der Waals surface area contributed by atoms with Gasteiger partial charge in [-0.1, -0.05) is 38.1 Å². The molecular formula is C21H34IN5S. The lowest BCUT2D eigenvalue weighted by molar-refractivity contribution is 0.296. The summed E-state index contributed by atoms with van der Waals surface area (Å²) in [5, 5.41) is 7.96. The molecule has 0 unspecified atom stereocenters. The number of aromatic nitrogens is 1. The number of rotatable bonds is 9. The number of hydrogen-bond acceptors (Lipinski definition) is 4. The summed E-state index contributed by atoms with van der Waals surface area (Å²) in [4.78, 5) is 12.6. The zero-order chi connectivity index (χ0) is 19.6. The maximum absolute atomic E-state index is 4.59. The van der Waals surface area contributed by atoms with Crippen molar-refractivity contribution in [2.75, 3.05) is 26.7 Å². The highest BCUT2D eigenvalue weighted by Crippen LogP contribution is 2.16. The fraction of sp³-hybridized carbons (Fsp3) is 0.524. The first-order chi connectivity index (χ1) is 13.0. The minimum atomic E-state index is 0. The van der Waals surface area contributed by atoms with E-state index in [9.17, 15) is 0 Å². The summed E-state index contributed by atoms with van der Waals surface area (Å²) in [5.74, 6) is 0.828. The Hall–Kier alpha value is -1.19. The molecule has 0 aliphatic heterocycles. The van der Waals surface area contributed by atoms with Crippen LogP contribution in [0.1, 0.15) is 40.6 Å². The molecule has 2 N–H and O–H groups in total. The smallest absolute Gasteiger partial charge is 0.191 e. The van der Waals surface area contributed by atoms with Gasteiger partial charge in [-0.15, -0.1) is 35.3 Å². The van der Waals surface area contributed by atoms with Crippen LogP contribution in [-0.2, 0) is 19.5 Å². The van der Waals surface area contributed by atoms with Crippen molar-refractivity contribution in [3.63, 3.8) is 0 Å². The Balaban J connectivity index is 0.00000392. The lowest BCUT2D eigenvalue weighted by Gasteiger charge is -2.18. The van der Waals surface area contributed by atoms with Gasteiger partial charge in [0.2, 0.25) is 0 Å². The maximum Gasteiger partial charge on any atom is 0.191 e. The Kier molecular flexibility index (Phi) is 11.6. The SMILES string of the molecule is CCN(CC)Cc1cccc(CNC(=NC)NCCc2nc(C)c(C)s2)c1.I. The molecule has 0 aliphatic rings. The number of nitrogens with one attached hydrogen (secondary N) is 2. The van der Waals surface area contributed by atoms with Gasteiger partial charge in [-0.25, -0.2) is 4.98 Å². The monoisotopic (exact) mass is 515 g/mol. The molecule has 5 nitrogen and oxygen atoms in total. The Morgan fingerprint density at radius 1 is 1.14 bits per heavy atom. The van der Waals surface area contributed by atoms with E-state index >= 15 is 0 Å². The van der Waals surface area contributed by atoms with E-state index in [1.807, 2.05) is 7.05 Å². The van der Waals surface area contributed by atoms with E-state index < -0.39 is 0 Å². The van der Waals surface area contributed by atoms with Crippen molar-refractivity contribution in [2.45, 2.75) is 47.2 Å². The first-order valence-electron chi connectivity index (χ1n) is 9.73. The van der Waals surface area contributed by atoms with Crippen molar-refractivity contribution in [1.82, 2.24) is 20.5 Å². The molecule has 7 heteroatoms. The molecule has 0 amide bonds. The summed E-state index contributed by atoms with van der Waals surface area (Å²) < 4.78 is 0.